The number of hydrogen-bond acceptors (Lipinski definition) is 3. The second-order valence-electron chi connectivity index (χ2n) is 3.81. The molecule has 3 N–H and O–H groups in total. The first-order chi connectivity index (χ1) is 8.15. The lowest BCUT2D eigenvalue weighted by Crippen LogP contribution is -2.38. The summed E-state index contributed by atoms with van der Waals surface area (Å²) in [5, 5.41) is 2.84. The van der Waals surface area contributed by atoms with Crippen molar-refractivity contribution in [3.63, 3.8) is 0 Å². The van der Waals surface area contributed by atoms with E-state index in [2.05, 4.69) is 10.3 Å². The third kappa shape index (κ3) is 4.52. The molecule has 94 valence electrons. The van der Waals surface area contributed by atoms with Crippen LogP contribution < -0.4 is 11.1 Å². The highest BCUT2D eigenvalue weighted by molar-refractivity contribution is 7.80. The van der Waals surface area contributed by atoms with Gasteiger partial charge in [0.1, 0.15) is 0 Å². The van der Waals surface area contributed by atoms with Crippen molar-refractivity contribution in [1.82, 2.24) is 14.9 Å². The molecule has 0 bridgehead atoms. The van der Waals surface area contributed by atoms with Crippen molar-refractivity contribution in [3.05, 3.63) is 18.7 Å². The summed E-state index contributed by atoms with van der Waals surface area (Å²) in [5.41, 5.74) is 5.49. The van der Waals surface area contributed by atoms with Gasteiger partial charge in [-0.1, -0.05) is 19.1 Å². The van der Waals surface area contributed by atoms with Gasteiger partial charge in [-0.05, 0) is 12.8 Å². The quantitative estimate of drug-likeness (QED) is 0.555. The van der Waals surface area contributed by atoms with Crippen molar-refractivity contribution in [2.24, 2.45) is 11.7 Å². The van der Waals surface area contributed by atoms with Crippen LogP contribution >= 0.6 is 12.2 Å². The highest BCUT2D eigenvalue weighted by atomic mass is 32.1. The molecule has 1 rings (SSSR count). The van der Waals surface area contributed by atoms with E-state index in [0.29, 0.717) is 13.0 Å². The van der Waals surface area contributed by atoms with Crippen molar-refractivity contribution < 1.29 is 4.79 Å². The second-order valence-corrected chi connectivity index (χ2v) is 4.28. The number of thiocarbonyl (C=S) groups is 1. The van der Waals surface area contributed by atoms with Gasteiger partial charge in [-0.15, -0.1) is 0 Å². The molecule has 1 aromatic heterocycles. The van der Waals surface area contributed by atoms with Gasteiger partial charge in [0.25, 0.3) is 0 Å². The number of carbonyl (C=O) groups is 1. The summed E-state index contributed by atoms with van der Waals surface area (Å²) in [6.07, 6.45) is 6.88. The fraction of sp³-hybridized carbons (Fsp3) is 0.545. The Labute approximate surface area is 106 Å². The Morgan fingerprint density at radius 2 is 2.41 bits per heavy atom. The zero-order valence-corrected chi connectivity index (χ0v) is 10.7. The topological polar surface area (TPSA) is 72.9 Å². The van der Waals surface area contributed by atoms with Gasteiger partial charge >= 0.3 is 0 Å². The summed E-state index contributed by atoms with van der Waals surface area (Å²) in [5.74, 6) is -0.427. The van der Waals surface area contributed by atoms with Crippen LogP contribution in [0.2, 0.25) is 0 Å². The van der Waals surface area contributed by atoms with E-state index in [4.69, 9.17) is 18.0 Å². The van der Waals surface area contributed by atoms with Crippen molar-refractivity contribution in [1.29, 1.82) is 0 Å². The first-order valence-corrected chi connectivity index (χ1v) is 6.08. The molecule has 0 aliphatic rings. The number of amides is 1. The van der Waals surface area contributed by atoms with Gasteiger partial charge in [0.15, 0.2) is 0 Å². The minimum absolute atomic E-state index is 0.0781. The van der Waals surface area contributed by atoms with Gasteiger partial charge in [-0.2, -0.15) is 0 Å². The van der Waals surface area contributed by atoms with Crippen molar-refractivity contribution >= 4 is 23.1 Å². The maximum atomic E-state index is 11.7. The Morgan fingerprint density at radius 1 is 1.65 bits per heavy atom. The Morgan fingerprint density at radius 3 is 2.94 bits per heavy atom. The van der Waals surface area contributed by atoms with Crippen LogP contribution in [0.15, 0.2) is 18.7 Å². The van der Waals surface area contributed by atoms with Crippen LogP contribution in [-0.2, 0) is 11.3 Å². The third-order valence-electron chi connectivity index (χ3n) is 2.52. The molecule has 0 fully saturated rings. The highest BCUT2D eigenvalue weighted by Crippen LogP contribution is 2.02. The predicted molar refractivity (Wildman–Crippen MR) is 70.4 cm³/mol. The number of aromatic nitrogens is 2. The van der Waals surface area contributed by atoms with E-state index in [9.17, 15) is 4.79 Å². The number of nitrogens with one attached hydrogen (secondary N) is 1. The molecule has 0 aliphatic carbocycles. The molecule has 1 aromatic rings. The maximum Gasteiger partial charge on any atom is 0.229 e. The predicted octanol–water partition coefficient (Wildman–Crippen LogP) is 0.702. The van der Waals surface area contributed by atoms with E-state index >= 15 is 0 Å². The van der Waals surface area contributed by atoms with E-state index in [0.717, 1.165) is 13.0 Å². The fourth-order valence-corrected chi connectivity index (χ4v) is 1.80. The molecule has 0 saturated carbocycles. The monoisotopic (exact) mass is 254 g/mol. The van der Waals surface area contributed by atoms with Crippen LogP contribution in [0.5, 0.6) is 0 Å². The van der Waals surface area contributed by atoms with Crippen LogP contribution in [0.4, 0.5) is 0 Å². The summed E-state index contributed by atoms with van der Waals surface area (Å²) in [4.78, 5) is 15.9. The molecule has 1 heterocycles. The zero-order valence-electron chi connectivity index (χ0n) is 9.93. The Kier molecular flexibility index (Phi) is 5.62. The minimum Gasteiger partial charge on any atom is -0.393 e. The average Bonchev–Trinajstić information content (AvgIpc) is 2.77. The molecule has 6 heteroatoms. The molecule has 0 aliphatic heterocycles. The third-order valence-corrected chi connectivity index (χ3v) is 2.80. The number of imidazole rings is 1. The minimum atomic E-state index is -0.349. The second kappa shape index (κ2) is 7.01. The van der Waals surface area contributed by atoms with Gasteiger partial charge < -0.3 is 15.6 Å². The number of nitrogens with zero attached hydrogens (tertiary/aromatic N) is 2. The number of aryl methyl sites for hydroxylation is 1. The molecule has 1 atom stereocenters. The number of nitrogens with two attached hydrogens (primary N) is 1. The largest absolute Gasteiger partial charge is 0.393 e. The maximum absolute atomic E-state index is 11.7. The SMILES string of the molecule is CCC(C(=O)NCCCn1ccnc1)C(N)=S. The van der Waals surface area contributed by atoms with Crippen molar-refractivity contribution in [3.8, 4) is 0 Å². The Hall–Kier alpha value is -1.43. The van der Waals surface area contributed by atoms with Crippen LogP contribution in [0.1, 0.15) is 19.8 Å². The van der Waals surface area contributed by atoms with Gasteiger partial charge in [-0.25, -0.2) is 4.98 Å². The fourth-order valence-electron chi connectivity index (χ4n) is 1.53. The average molecular weight is 254 g/mol. The van der Waals surface area contributed by atoms with Gasteiger partial charge in [0, 0.05) is 25.5 Å². The molecule has 1 unspecified atom stereocenters. The summed E-state index contributed by atoms with van der Waals surface area (Å²) < 4.78 is 1.97. The normalized spacial score (nSPS) is 12.1. The zero-order chi connectivity index (χ0) is 12.7. The van der Waals surface area contributed by atoms with Gasteiger partial charge in [0.2, 0.25) is 5.91 Å². The summed E-state index contributed by atoms with van der Waals surface area (Å²) >= 11 is 4.84. The highest BCUT2D eigenvalue weighted by Gasteiger charge is 2.18. The van der Waals surface area contributed by atoms with Crippen LogP contribution in [0.25, 0.3) is 0 Å². The van der Waals surface area contributed by atoms with Gasteiger partial charge in [0.05, 0.1) is 17.2 Å². The lowest BCUT2D eigenvalue weighted by molar-refractivity contribution is -0.123. The summed E-state index contributed by atoms with van der Waals surface area (Å²) in [7, 11) is 0. The smallest absolute Gasteiger partial charge is 0.229 e. The standard InChI is InChI=1S/C11H18N4OS/c1-2-9(10(12)17)11(16)14-4-3-6-15-7-5-13-8-15/h5,7-9H,2-4,6H2,1H3,(H2,12,17)(H,14,16). The molecule has 0 spiro atoms. The van der Waals surface area contributed by atoms with Crippen LogP contribution in [-0.4, -0.2) is 27.0 Å². The molecule has 5 nitrogen and oxygen atoms in total. The summed E-state index contributed by atoms with van der Waals surface area (Å²) in [6.45, 7) is 3.36. The lowest BCUT2D eigenvalue weighted by Gasteiger charge is -2.13. The molecule has 1 amide bonds. The first-order valence-electron chi connectivity index (χ1n) is 5.68. The van der Waals surface area contributed by atoms with E-state index in [1.54, 1.807) is 12.5 Å². The Bertz CT molecular complexity index is 364. The number of rotatable bonds is 7. The molecular weight excluding hydrogens is 236 g/mol. The van der Waals surface area contributed by atoms with Crippen molar-refractivity contribution in [2.45, 2.75) is 26.3 Å². The molecule has 0 aromatic carbocycles. The number of carbonyl (C=O) groups excluding carboxylic acids is 1. The molecule has 0 saturated heterocycles. The molecule has 17 heavy (non-hydrogen) atoms. The van der Waals surface area contributed by atoms with E-state index in [1.807, 2.05) is 17.7 Å². The van der Waals surface area contributed by atoms with Gasteiger partial charge in [-0.3, -0.25) is 4.79 Å². The first kappa shape index (κ1) is 13.6. The summed E-state index contributed by atoms with van der Waals surface area (Å²) in [6, 6.07) is 0. The number of hydrogen-bond donors (Lipinski definition) is 2. The Balaban J connectivity index is 2.22. The molecule has 0 radical (unpaired) electrons. The van der Waals surface area contributed by atoms with Crippen LogP contribution in [0.3, 0.4) is 0 Å². The van der Waals surface area contributed by atoms with E-state index in [-0.39, 0.29) is 16.8 Å². The van der Waals surface area contributed by atoms with E-state index in [1.165, 1.54) is 0 Å². The van der Waals surface area contributed by atoms with Crippen LogP contribution in [0, 0.1) is 5.92 Å². The van der Waals surface area contributed by atoms with E-state index < -0.39 is 0 Å². The van der Waals surface area contributed by atoms with Crippen molar-refractivity contribution in [2.75, 3.05) is 6.54 Å². The lowest BCUT2D eigenvalue weighted by atomic mass is 10.1. The molecular formula is C11H18N4OS.